The summed E-state index contributed by atoms with van der Waals surface area (Å²) >= 11 is 0. The number of fused-ring (bicyclic) bond motifs is 1. The van der Waals surface area contributed by atoms with E-state index in [0.29, 0.717) is 12.0 Å². The molecule has 0 saturated heterocycles. The van der Waals surface area contributed by atoms with Gasteiger partial charge in [0, 0.05) is 6.42 Å². The zero-order valence-corrected chi connectivity index (χ0v) is 12.8. The van der Waals surface area contributed by atoms with E-state index in [1.54, 1.807) is 19.1 Å². The molecule has 0 amide bonds. The Morgan fingerprint density at radius 2 is 1.95 bits per heavy atom. The molecule has 0 heterocycles. The van der Waals surface area contributed by atoms with Crippen molar-refractivity contribution in [2.45, 2.75) is 30.4 Å². The lowest BCUT2D eigenvalue weighted by Gasteiger charge is -2.18. The molecule has 116 valence electrons. The van der Waals surface area contributed by atoms with Crippen molar-refractivity contribution in [1.82, 2.24) is 4.72 Å². The van der Waals surface area contributed by atoms with Crippen LogP contribution in [-0.2, 0) is 16.4 Å². The second-order valence-electron chi connectivity index (χ2n) is 5.50. The molecule has 6 heteroatoms. The summed E-state index contributed by atoms with van der Waals surface area (Å²) in [7, 11) is -4.05. The van der Waals surface area contributed by atoms with Gasteiger partial charge < -0.3 is 5.11 Å². The zero-order valence-electron chi connectivity index (χ0n) is 12.0. The number of halogens is 1. The van der Waals surface area contributed by atoms with E-state index in [0.717, 1.165) is 11.1 Å². The van der Waals surface area contributed by atoms with Gasteiger partial charge in [0.1, 0.15) is 10.7 Å². The summed E-state index contributed by atoms with van der Waals surface area (Å²) in [5, 5.41) is 10.1. The van der Waals surface area contributed by atoms with Gasteiger partial charge in [-0.3, -0.25) is 0 Å². The summed E-state index contributed by atoms with van der Waals surface area (Å²) in [4.78, 5) is -0.408. The minimum atomic E-state index is -4.05. The number of hydrogen-bond acceptors (Lipinski definition) is 3. The van der Waals surface area contributed by atoms with Crippen LogP contribution in [0, 0.1) is 12.7 Å². The van der Waals surface area contributed by atoms with Crippen LogP contribution in [-0.4, -0.2) is 19.6 Å². The molecule has 0 aliphatic heterocycles. The lowest BCUT2D eigenvalue weighted by Crippen LogP contribution is -2.34. The normalized spacial score (nSPS) is 20.9. The van der Waals surface area contributed by atoms with Gasteiger partial charge in [0.2, 0.25) is 10.0 Å². The largest absolute Gasteiger partial charge is 0.391 e. The third-order valence-electron chi connectivity index (χ3n) is 3.86. The Hall–Kier alpha value is -1.76. The fourth-order valence-electron chi connectivity index (χ4n) is 2.77. The molecular formula is C16H16FNO3S. The van der Waals surface area contributed by atoms with Crippen molar-refractivity contribution in [2.75, 3.05) is 0 Å². The smallest absolute Gasteiger partial charge is 0.244 e. The van der Waals surface area contributed by atoms with E-state index in [1.165, 1.54) is 18.2 Å². The average molecular weight is 321 g/mol. The van der Waals surface area contributed by atoms with Crippen LogP contribution in [0.5, 0.6) is 0 Å². The fraction of sp³-hybridized carbons (Fsp3) is 0.250. The molecule has 2 aromatic rings. The fourth-order valence-corrected chi connectivity index (χ4v) is 4.08. The first-order valence-electron chi connectivity index (χ1n) is 6.93. The number of aliphatic hydroxyl groups excluding tert-OH is 1. The maximum atomic E-state index is 13.9. The van der Waals surface area contributed by atoms with Crippen LogP contribution in [0.1, 0.15) is 22.7 Å². The molecular weight excluding hydrogens is 305 g/mol. The Labute approximate surface area is 128 Å². The number of benzene rings is 2. The van der Waals surface area contributed by atoms with Crippen molar-refractivity contribution in [3.05, 3.63) is 65.0 Å². The van der Waals surface area contributed by atoms with Gasteiger partial charge >= 0.3 is 0 Å². The van der Waals surface area contributed by atoms with Gasteiger partial charge in [-0.15, -0.1) is 0 Å². The van der Waals surface area contributed by atoms with Crippen LogP contribution in [0.25, 0.3) is 0 Å². The van der Waals surface area contributed by atoms with Gasteiger partial charge in [-0.05, 0) is 35.7 Å². The summed E-state index contributed by atoms with van der Waals surface area (Å²) < 4.78 is 41.2. The van der Waals surface area contributed by atoms with Crippen LogP contribution in [0.3, 0.4) is 0 Å². The summed E-state index contributed by atoms with van der Waals surface area (Å²) in [5.41, 5.74) is 2.26. The third kappa shape index (κ3) is 2.65. The molecule has 0 fully saturated rings. The first-order valence-corrected chi connectivity index (χ1v) is 8.41. The number of nitrogens with one attached hydrogen (secondary N) is 1. The van der Waals surface area contributed by atoms with Gasteiger partial charge in [0.15, 0.2) is 0 Å². The molecule has 1 aliphatic carbocycles. The minimum absolute atomic E-state index is 0.375. The Balaban J connectivity index is 1.95. The highest BCUT2D eigenvalue weighted by Gasteiger charge is 2.34. The van der Waals surface area contributed by atoms with Crippen molar-refractivity contribution in [2.24, 2.45) is 0 Å². The monoisotopic (exact) mass is 321 g/mol. The number of hydrogen-bond donors (Lipinski definition) is 2. The first kappa shape index (κ1) is 15.1. The molecule has 3 rings (SSSR count). The molecule has 0 aromatic heterocycles. The van der Waals surface area contributed by atoms with E-state index in [-0.39, 0.29) is 0 Å². The standard InChI is InChI=1S/C16H16FNO3S/c1-10-6-7-15(13(17)8-10)22(20,21)18-16-12-5-3-2-4-11(12)9-14(16)19/h2-8,14,16,18-19H,9H2,1H3/t14-,16+/m1/s1. The van der Waals surface area contributed by atoms with Crippen molar-refractivity contribution in [1.29, 1.82) is 0 Å². The van der Waals surface area contributed by atoms with E-state index >= 15 is 0 Å². The quantitative estimate of drug-likeness (QED) is 0.909. The predicted molar refractivity (Wildman–Crippen MR) is 80.4 cm³/mol. The molecule has 0 bridgehead atoms. The van der Waals surface area contributed by atoms with Crippen LogP contribution in [0.2, 0.25) is 0 Å². The van der Waals surface area contributed by atoms with Gasteiger partial charge in [0.05, 0.1) is 12.1 Å². The van der Waals surface area contributed by atoms with Crippen LogP contribution in [0.15, 0.2) is 47.4 Å². The van der Waals surface area contributed by atoms with E-state index < -0.39 is 32.9 Å². The minimum Gasteiger partial charge on any atom is -0.391 e. The highest BCUT2D eigenvalue weighted by Crippen LogP contribution is 2.32. The molecule has 1 aliphatic rings. The van der Waals surface area contributed by atoms with Gasteiger partial charge in [0.25, 0.3) is 0 Å². The molecule has 2 atom stereocenters. The summed E-state index contributed by atoms with van der Waals surface area (Å²) in [6, 6.07) is 10.4. The SMILES string of the molecule is Cc1ccc(S(=O)(=O)N[C@H]2c3ccccc3C[C@H]2O)c(F)c1. The Morgan fingerprint density at radius 1 is 1.23 bits per heavy atom. The highest BCUT2D eigenvalue weighted by atomic mass is 32.2. The lowest BCUT2D eigenvalue weighted by atomic mass is 10.1. The number of rotatable bonds is 3. The van der Waals surface area contributed by atoms with E-state index in [9.17, 15) is 17.9 Å². The van der Waals surface area contributed by atoms with Gasteiger partial charge in [-0.25, -0.2) is 17.5 Å². The second-order valence-corrected chi connectivity index (χ2v) is 7.19. The molecule has 0 radical (unpaired) electrons. The van der Waals surface area contributed by atoms with Crippen LogP contribution < -0.4 is 4.72 Å². The second kappa shape index (κ2) is 5.46. The van der Waals surface area contributed by atoms with E-state index in [4.69, 9.17) is 0 Å². The Bertz CT molecular complexity index is 820. The number of sulfonamides is 1. The van der Waals surface area contributed by atoms with Crippen LogP contribution in [0.4, 0.5) is 4.39 Å². The summed E-state index contributed by atoms with van der Waals surface area (Å²) in [6.07, 6.45) is -0.486. The Kier molecular flexibility index (Phi) is 3.76. The molecule has 0 saturated carbocycles. The third-order valence-corrected chi connectivity index (χ3v) is 5.34. The average Bonchev–Trinajstić information content (AvgIpc) is 2.74. The van der Waals surface area contributed by atoms with Crippen LogP contribution >= 0.6 is 0 Å². The zero-order chi connectivity index (χ0) is 15.9. The molecule has 0 unspecified atom stereocenters. The molecule has 0 spiro atoms. The topological polar surface area (TPSA) is 66.4 Å². The van der Waals surface area contributed by atoms with Gasteiger partial charge in [-0.2, -0.15) is 0 Å². The van der Waals surface area contributed by atoms with Crippen molar-refractivity contribution in [3.63, 3.8) is 0 Å². The molecule has 22 heavy (non-hydrogen) atoms. The first-order chi connectivity index (χ1) is 10.4. The summed E-state index contributed by atoms with van der Waals surface area (Å²) in [6.45, 7) is 1.68. The van der Waals surface area contributed by atoms with Crippen molar-refractivity contribution in [3.8, 4) is 0 Å². The highest BCUT2D eigenvalue weighted by molar-refractivity contribution is 7.89. The number of aryl methyl sites for hydroxylation is 1. The lowest BCUT2D eigenvalue weighted by molar-refractivity contribution is 0.151. The predicted octanol–water partition coefficient (Wildman–Crippen LogP) is 2.07. The molecule has 4 nitrogen and oxygen atoms in total. The van der Waals surface area contributed by atoms with Crippen molar-refractivity contribution >= 4 is 10.0 Å². The van der Waals surface area contributed by atoms with E-state index in [1.807, 2.05) is 12.1 Å². The maximum Gasteiger partial charge on any atom is 0.244 e. The van der Waals surface area contributed by atoms with E-state index in [2.05, 4.69) is 4.72 Å². The molecule has 2 N–H and O–H groups in total. The van der Waals surface area contributed by atoms with Crippen molar-refractivity contribution < 1.29 is 17.9 Å². The summed E-state index contributed by atoms with van der Waals surface area (Å²) in [5.74, 6) is -0.798. The van der Waals surface area contributed by atoms with Gasteiger partial charge in [-0.1, -0.05) is 30.3 Å². The Morgan fingerprint density at radius 3 is 2.68 bits per heavy atom. The maximum absolute atomic E-state index is 13.9. The molecule has 2 aromatic carbocycles. The number of aliphatic hydroxyl groups is 1.